The number of ether oxygens (including phenoxy) is 1. The zero-order chi connectivity index (χ0) is 13.1. The first-order valence-corrected chi connectivity index (χ1v) is 6.46. The molecule has 0 bridgehead atoms. The van der Waals surface area contributed by atoms with Gasteiger partial charge in [-0.05, 0) is 26.2 Å². The molecule has 6 nitrogen and oxygen atoms in total. The average Bonchev–Trinajstić information content (AvgIpc) is 3.07. The van der Waals surface area contributed by atoms with Crippen LogP contribution in [0.3, 0.4) is 0 Å². The summed E-state index contributed by atoms with van der Waals surface area (Å²) < 4.78 is 5.42. The summed E-state index contributed by atoms with van der Waals surface area (Å²) in [5, 5.41) is 11.6. The maximum absolute atomic E-state index is 11.9. The van der Waals surface area contributed by atoms with Gasteiger partial charge in [0.05, 0.1) is 6.10 Å². The number of nitrogens with one attached hydrogen (secondary N) is 1. The number of rotatable bonds is 5. The molecule has 102 valence electrons. The van der Waals surface area contributed by atoms with Gasteiger partial charge in [0, 0.05) is 25.1 Å². The Bertz CT molecular complexity index is 330. The Labute approximate surface area is 106 Å². The Morgan fingerprint density at radius 1 is 1.39 bits per heavy atom. The van der Waals surface area contributed by atoms with Crippen LogP contribution in [0, 0.1) is 5.92 Å². The number of urea groups is 1. The highest BCUT2D eigenvalue weighted by atomic mass is 16.5. The molecule has 0 radical (unpaired) electrons. The average molecular weight is 256 g/mol. The maximum atomic E-state index is 11.9. The van der Waals surface area contributed by atoms with E-state index in [1.807, 2.05) is 6.92 Å². The molecule has 18 heavy (non-hydrogen) atoms. The number of carboxylic acid groups (broad SMARTS) is 1. The summed E-state index contributed by atoms with van der Waals surface area (Å²) in [5.74, 6) is -0.630. The predicted molar refractivity (Wildman–Crippen MR) is 64.3 cm³/mol. The molecule has 1 heterocycles. The van der Waals surface area contributed by atoms with Crippen LogP contribution in [0.2, 0.25) is 0 Å². The van der Waals surface area contributed by atoms with E-state index in [2.05, 4.69) is 5.32 Å². The molecule has 1 saturated carbocycles. The lowest BCUT2D eigenvalue weighted by atomic mass is 10.0. The van der Waals surface area contributed by atoms with Crippen molar-refractivity contribution in [3.8, 4) is 0 Å². The van der Waals surface area contributed by atoms with E-state index in [-0.39, 0.29) is 24.7 Å². The minimum Gasteiger partial charge on any atom is -0.480 e. The molecule has 2 unspecified atom stereocenters. The number of nitrogens with zero attached hydrogens (tertiary/aromatic N) is 1. The lowest BCUT2D eigenvalue weighted by Crippen LogP contribution is -2.45. The van der Waals surface area contributed by atoms with Crippen LogP contribution in [0.4, 0.5) is 4.79 Å². The van der Waals surface area contributed by atoms with Gasteiger partial charge in [-0.25, -0.2) is 4.79 Å². The van der Waals surface area contributed by atoms with Gasteiger partial charge in [0.1, 0.15) is 6.54 Å². The minimum absolute atomic E-state index is 0.110. The molecule has 1 saturated heterocycles. The summed E-state index contributed by atoms with van der Waals surface area (Å²) in [6.45, 7) is 3.08. The summed E-state index contributed by atoms with van der Waals surface area (Å²) in [7, 11) is 0. The second-order valence-corrected chi connectivity index (χ2v) is 5.06. The highest BCUT2D eigenvalue weighted by molar-refractivity contribution is 5.80. The van der Waals surface area contributed by atoms with E-state index >= 15 is 0 Å². The van der Waals surface area contributed by atoms with Crippen LogP contribution in [0.5, 0.6) is 0 Å². The molecule has 6 heteroatoms. The SMILES string of the molecule is CC1OCCC1CNC(=O)N(CC(=O)O)C1CC1. The fourth-order valence-electron chi connectivity index (χ4n) is 2.26. The van der Waals surface area contributed by atoms with E-state index in [4.69, 9.17) is 9.84 Å². The largest absolute Gasteiger partial charge is 0.480 e. The van der Waals surface area contributed by atoms with Crippen molar-refractivity contribution < 1.29 is 19.4 Å². The van der Waals surface area contributed by atoms with E-state index in [9.17, 15) is 9.59 Å². The van der Waals surface area contributed by atoms with Crippen molar-refractivity contribution in [3.63, 3.8) is 0 Å². The van der Waals surface area contributed by atoms with E-state index in [1.165, 1.54) is 4.90 Å². The number of hydrogen-bond acceptors (Lipinski definition) is 3. The monoisotopic (exact) mass is 256 g/mol. The highest BCUT2D eigenvalue weighted by Gasteiger charge is 2.34. The van der Waals surface area contributed by atoms with Crippen LogP contribution >= 0.6 is 0 Å². The fourth-order valence-corrected chi connectivity index (χ4v) is 2.26. The number of carboxylic acids is 1. The van der Waals surface area contributed by atoms with Crippen LogP contribution in [-0.4, -0.2) is 53.8 Å². The molecule has 1 aliphatic heterocycles. The molecular formula is C12H20N2O4. The molecule has 0 aromatic rings. The molecule has 2 amide bonds. The van der Waals surface area contributed by atoms with Gasteiger partial charge in [-0.2, -0.15) is 0 Å². The van der Waals surface area contributed by atoms with Gasteiger partial charge in [0.25, 0.3) is 0 Å². The van der Waals surface area contributed by atoms with Gasteiger partial charge in [-0.15, -0.1) is 0 Å². The van der Waals surface area contributed by atoms with E-state index in [1.54, 1.807) is 0 Å². The van der Waals surface area contributed by atoms with Crippen LogP contribution in [0.25, 0.3) is 0 Å². The fraction of sp³-hybridized carbons (Fsp3) is 0.833. The second-order valence-electron chi connectivity index (χ2n) is 5.06. The van der Waals surface area contributed by atoms with Crippen LogP contribution < -0.4 is 5.32 Å². The molecule has 0 aromatic heterocycles. The summed E-state index contributed by atoms with van der Waals surface area (Å²) in [6.07, 6.45) is 2.93. The number of aliphatic carboxylic acids is 1. The quantitative estimate of drug-likeness (QED) is 0.757. The third-order valence-electron chi connectivity index (χ3n) is 3.60. The molecule has 0 aromatic carbocycles. The summed E-state index contributed by atoms with van der Waals surface area (Å²) in [6, 6.07) is -0.155. The summed E-state index contributed by atoms with van der Waals surface area (Å²) in [5.41, 5.74) is 0. The van der Waals surface area contributed by atoms with Crippen molar-refractivity contribution in [3.05, 3.63) is 0 Å². The van der Waals surface area contributed by atoms with Crippen molar-refractivity contribution >= 4 is 12.0 Å². The van der Waals surface area contributed by atoms with Crippen LogP contribution in [0.1, 0.15) is 26.2 Å². The number of amides is 2. The molecule has 2 aliphatic rings. The number of carbonyl (C=O) groups excluding carboxylic acids is 1. The standard InChI is InChI=1S/C12H20N2O4/c1-8-9(4-5-18-8)6-13-12(17)14(7-11(15)16)10-2-3-10/h8-10H,2-7H2,1H3,(H,13,17)(H,15,16). The minimum atomic E-state index is -0.963. The lowest BCUT2D eigenvalue weighted by molar-refractivity contribution is -0.137. The first kappa shape index (κ1) is 13.1. The topological polar surface area (TPSA) is 78.9 Å². The third kappa shape index (κ3) is 3.35. The highest BCUT2D eigenvalue weighted by Crippen LogP contribution is 2.26. The van der Waals surface area contributed by atoms with Gasteiger partial charge in [0.2, 0.25) is 0 Å². The van der Waals surface area contributed by atoms with E-state index < -0.39 is 5.97 Å². The molecule has 1 aliphatic carbocycles. The zero-order valence-electron chi connectivity index (χ0n) is 10.6. The Morgan fingerprint density at radius 2 is 2.11 bits per heavy atom. The smallest absolute Gasteiger partial charge is 0.323 e. The Hall–Kier alpha value is -1.30. The Balaban J connectivity index is 1.79. The van der Waals surface area contributed by atoms with Gasteiger partial charge in [-0.1, -0.05) is 0 Å². The number of hydrogen-bond donors (Lipinski definition) is 2. The van der Waals surface area contributed by atoms with Crippen molar-refractivity contribution in [2.24, 2.45) is 5.92 Å². The van der Waals surface area contributed by atoms with Crippen molar-refractivity contribution in [2.45, 2.75) is 38.3 Å². The molecule has 2 fully saturated rings. The molecular weight excluding hydrogens is 236 g/mol. The first-order chi connectivity index (χ1) is 8.58. The first-order valence-electron chi connectivity index (χ1n) is 6.46. The molecule has 2 rings (SSSR count). The molecule has 2 N–H and O–H groups in total. The maximum Gasteiger partial charge on any atom is 0.323 e. The predicted octanol–water partition coefficient (Wildman–Crippen LogP) is 0.670. The number of carbonyl (C=O) groups is 2. The van der Waals surface area contributed by atoms with Gasteiger partial charge in [-0.3, -0.25) is 4.79 Å². The van der Waals surface area contributed by atoms with Crippen LogP contribution in [0.15, 0.2) is 0 Å². The Kier molecular flexibility index (Phi) is 4.06. The summed E-state index contributed by atoms with van der Waals surface area (Å²) in [4.78, 5) is 24.1. The van der Waals surface area contributed by atoms with Gasteiger partial charge >= 0.3 is 12.0 Å². The van der Waals surface area contributed by atoms with Gasteiger partial charge < -0.3 is 20.1 Å². The van der Waals surface area contributed by atoms with E-state index in [0.29, 0.717) is 12.5 Å². The molecule has 0 spiro atoms. The summed E-state index contributed by atoms with van der Waals surface area (Å²) >= 11 is 0. The Morgan fingerprint density at radius 3 is 2.61 bits per heavy atom. The normalized spacial score (nSPS) is 26.9. The van der Waals surface area contributed by atoms with Gasteiger partial charge in [0.15, 0.2) is 0 Å². The zero-order valence-corrected chi connectivity index (χ0v) is 10.6. The van der Waals surface area contributed by atoms with Crippen LogP contribution in [-0.2, 0) is 9.53 Å². The van der Waals surface area contributed by atoms with Crippen molar-refractivity contribution in [2.75, 3.05) is 19.7 Å². The van der Waals surface area contributed by atoms with Crippen molar-refractivity contribution in [1.29, 1.82) is 0 Å². The lowest BCUT2D eigenvalue weighted by Gasteiger charge is -2.22. The van der Waals surface area contributed by atoms with E-state index in [0.717, 1.165) is 25.9 Å². The van der Waals surface area contributed by atoms with Crippen molar-refractivity contribution in [1.82, 2.24) is 10.2 Å². The molecule has 2 atom stereocenters. The third-order valence-corrected chi connectivity index (χ3v) is 3.60. The second kappa shape index (κ2) is 5.56.